The molecule has 0 aliphatic heterocycles. The zero-order chi connectivity index (χ0) is 5.54. The first-order valence-corrected chi connectivity index (χ1v) is 1.69. The van der Waals surface area contributed by atoms with Crippen molar-refractivity contribution in [2.75, 3.05) is 0 Å². The molecule has 0 radical (unpaired) electrons. The number of nitrogens with zero attached hydrogens (tertiary/aromatic N) is 2. The van der Waals surface area contributed by atoms with Gasteiger partial charge in [-0.2, -0.15) is 0 Å². The molecule has 7 heavy (non-hydrogen) atoms. The maximum Gasteiger partial charge on any atom is 0.116 e. The fraction of sp³-hybridized carbons (Fsp3) is 0. The molecule has 0 aliphatic rings. The van der Waals surface area contributed by atoms with Crippen molar-refractivity contribution in [1.29, 1.82) is 0 Å². The van der Waals surface area contributed by atoms with E-state index in [4.69, 9.17) is 0 Å². The molecule has 0 aromatic rings. The van der Waals surface area contributed by atoms with Gasteiger partial charge in [-0.05, 0) is 0 Å². The van der Waals surface area contributed by atoms with Crippen LogP contribution in [0, 0.1) is 0 Å². The van der Waals surface area contributed by atoms with Gasteiger partial charge in [0.15, 0.2) is 0 Å². The van der Waals surface area contributed by atoms with E-state index >= 15 is 0 Å². The fourth-order valence-electron chi connectivity index (χ4n) is 0.0939. The molecule has 38 valence electrons. The van der Waals surface area contributed by atoms with Crippen molar-refractivity contribution in [2.45, 2.75) is 0 Å². The molecule has 0 aromatic heterocycles. The van der Waals surface area contributed by atoms with E-state index in [0.717, 1.165) is 0 Å². The van der Waals surface area contributed by atoms with E-state index < -0.39 is 0 Å². The summed E-state index contributed by atoms with van der Waals surface area (Å²) in [6, 6.07) is 0. The Balaban J connectivity index is 3.08. The maximum absolute atomic E-state index is 4.22. The molecule has 0 saturated heterocycles. The lowest BCUT2D eigenvalue weighted by molar-refractivity contribution is 0.243. The van der Waals surface area contributed by atoms with E-state index in [-0.39, 0.29) is 0 Å². The van der Waals surface area contributed by atoms with Crippen molar-refractivity contribution in [3.63, 3.8) is 0 Å². The van der Waals surface area contributed by atoms with Crippen molar-refractivity contribution in [3.8, 4) is 0 Å². The summed E-state index contributed by atoms with van der Waals surface area (Å²) in [6.45, 7) is 6.48. The van der Waals surface area contributed by atoms with Gasteiger partial charge in [0.25, 0.3) is 0 Å². The van der Waals surface area contributed by atoms with Crippen LogP contribution in [-0.2, 0) is 4.84 Å². The Morgan fingerprint density at radius 3 is 2.57 bits per heavy atom. The van der Waals surface area contributed by atoms with Gasteiger partial charge in [0.1, 0.15) is 6.26 Å². The van der Waals surface area contributed by atoms with Crippen molar-refractivity contribution < 1.29 is 4.84 Å². The largest absolute Gasteiger partial charge is 0.348 e. The molecule has 0 rings (SSSR count). The smallest absolute Gasteiger partial charge is 0.116 e. The standard InChI is InChI=1S/C4H6N2O/c1-3-5-6-7-4-2/h3-4H,1-2H2. The Morgan fingerprint density at radius 2 is 2.14 bits per heavy atom. The van der Waals surface area contributed by atoms with Crippen molar-refractivity contribution in [1.82, 2.24) is 0 Å². The molecule has 3 heteroatoms. The number of hydrogen-bond donors (Lipinski definition) is 0. The molecule has 0 amide bonds. The minimum Gasteiger partial charge on any atom is -0.348 e. The lowest BCUT2D eigenvalue weighted by Crippen LogP contribution is -1.56. The Bertz CT molecular complexity index is 87.7. The summed E-state index contributed by atoms with van der Waals surface area (Å²) < 4.78 is 0. The second-order valence-electron chi connectivity index (χ2n) is 0.652. The normalized spacial score (nSPS) is 8.57. The fourth-order valence-corrected chi connectivity index (χ4v) is 0.0939. The average Bonchev–Trinajstić information content (AvgIpc) is 1.69. The second-order valence-corrected chi connectivity index (χ2v) is 0.652. The van der Waals surface area contributed by atoms with Crippen molar-refractivity contribution in [2.24, 2.45) is 10.4 Å². The summed E-state index contributed by atoms with van der Waals surface area (Å²) in [6.07, 6.45) is 2.44. The van der Waals surface area contributed by atoms with Crippen LogP contribution in [0.2, 0.25) is 0 Å². The van der Waals surface area contributed by atoms with E-state index in [1.165, 1.54) is 12.5 Å². The van der Waals surface area contributed by atoms with E-state index in [0.29, 0.717) is 0 Å². The quantitative estimate of drug-likeness (QED) is 0.300. The third-order valence-electron chi connectivity index (χ3n) is 0.250. The molecule has 0 fully saturated rings. The molecule has 0 heterocycles. The molecular formula is C4H6N2O. The van der Waals surface area contributed by atoms with E-state index in [2.05, 4.69) is 28.4 Å². The summed E-state index contributed by atoms with van der Waals surface area (Å²) in [5, 5.41) is 6.35. The molecule has 0 saturated carbocycles. The molecule has 0 bridgehead atoms. The maximum atomic E-state index is 4.22. The summed E-state index contributed by atoms with van der Waals surface area (Å²) in [7, 11) is 0. The summed E-state index contributed by atoms with van der Waals surface area (Å²) in [4.78, 5) is 4.22. The van der Waals surface area contributed by atoms with Crippen LogP contribution in [0.25, 0.3) is 0 Å². The minimum atomic E-state index is 1.17. The summed E-state index contributed by atoms with van der Waals surface area (Å²) >= 11 is 0. The van der Waals surface area contributed by atoms with Gasteiger partial charge in [-0.15, -0.1) is 5.11 Å². The first-order chi connectivity index (χ1) is 3.41. The molecule has 0 N–H and O–H groups in total. The van der Waals surface area contributed by atoms with Gasteiger partial charge in [-0.3, -0.25) is 0 Å². The van der Waals surface area contributed by atoms with Gasteiger partial charge >= 0.3 is 0 Å². The van der Waals surface area contributed by atoms with Gasteiger partial charge in [-0.25, -0.2) is 0 Å². The summed E-state index contributed by atoms with van der Waals surface area (Å²) in [5.41, 5.74) is 0. The lowest BCUT2D eigenvalue weighted by Gasteiger charge is -1.76. The number of rotatable bonds is 3. The van der Waals surface area contributed by atoms with E-state index in [1.54, 1.807) is 0 Å². The van der Waals surface area contributed by atoms with Crippen LogP contribution in [0.15, 0.2) is 36.0 Å². The second kappa shape index (κ2) is 4.88. The Kier molecular flexibility index (Phi) is 4.10. The SMILES string of the molecule is C=CN=NOC=C. The van der Waals surface area contributed by atoms with Gasteiger partial charge in [-0.1, -0.05) is 13.2 Å². The lowest BCUT2D eigenvalue weighted by atomic mass is 11.1. The zero-order valence-electron chi connectivity index (χ0n) is 3.87. The van der Waals surface area contributed by atoms with Crippen LogP contribution in [0.1, 0.15) is 0 Å². The van der Waals surface area contributed by atoms with Gasteiger partial charge in [0, 0.05) is 11.5 Å². The predicted molar refractivity (Wildman–Crippen MR) is 26.3 cm³/mol. The topological polar surface area (TPSA) is 34.0 Å². The van der Waals surface area contributed by atoms with Crippen LogP contribution < -0.4 is 0 Å². The van der Waals surface area contributed by atoms with Crippen molar-refractivity contribution in [3.05, 3.63) is 25.6 Å². The molecule has 0 unspecified atom stereocenters. The Labute approximate surface area is 42.0 Å². The molecule has 0 aliphatic carbocycles. The third-order valence-corrected chi connectivity index (χ3v) is 0.250. The van der Waals surface area contributed by atoms with Crippen LogP contribution in [-0.4, -0.2) is 0 Å². The molecule has 0 atom stereocenters. The Hall–Kier alpha value is -1.12. The van der Waals surface area contributed by atoms with Gasteiger partial charge in [0.2, 0.25) is 0 Å². The Morgan fingerprint density at radius 1 is 1.43 bits per heavy atom. The highest BCUT2D eigenvalue weighted by Crippen LogP contribution is 1.76. The highest BCUT2D eigenvalue weighted by molar-refractivity contribution is 4.55. The highest BCUT2D eigenvalue weighted by atomic mass is 16.6. The molecule has 0 aromatic carbocycles. The van der Waals surface area contributed by atoms with E-state index in [1.807, 2.05) is 0 Å². The monoisotopic (exact) mass is 98.0 g/mol. The first-order valence-electron chi connectivity index (χ1n) is 1.69. The van der Waals surface area contributed by atoms with Gasteiger partial charge < -0.3 is 4.84 Å². The molecule has 0 spiro atoms. The minimum absolute atomic E-state index is 1.17. The number of hydrogen-bond acceptors (Lipinski definition) is 3. The third kappa shape index (κ3) is 4.88. The molecule has 3 nitrogen and oxygen atoms in total. The average molecular weight is 98.1 g/mol. The molecular weight excluding hydrogens is 92.1 g/mol. The van der Waals surface area contributed by atoms with Crippen LogP contribution in [0.3, 0.4) is 0 Å². The highest BCUT2D eigenvalue weighted by Gasteiger charge is 1.57. The van der Waals surface area contributed by atoms with Crippen molar-refractivity contribution >= 4 is 0 Å². The predicted octanol–water partition coefficient (Wildman–Crippen LogP) is 1.66. The first kappa shape index (κ1) is 5.88. The van der Waals surface area contributed by atoms with E-state index in [9.17, 15) is 0 Å². The van der Waals surface area contributed by atoms with Crippen LogP contribution in [0.5, 0.6) is 0 Å². The van der Waals surface area contributed by atoms with Gasteiger partial charge in [0.05, 0.1) is 0 Å². The van der Waals surface area contributed by atoms with Crippen LogP contribution in [0.4, 0.5) is 0 Å². The zero-order valence-corrected chi connectivity index (χ0v) is 3.87. The summed E-state index contributed by atoms with van der Waals surface area (Å²) in [5.74, 6) is 0. The van der Waals surface area contributed by atoms with Crippen LogP contribution >= 0.6 is 0 Å².